The van der Waals surface area contributed by atoms with Crippen LogP contribution in [0.25, 0.3) is 0 Å². The summed E-state index contributed by atoms with van der Waals surface area (Å²) in [7, 11) is 1.64. The van der Waals surface area contributed by atoms with Crippen molar-refractivity contribution < 1.29 is 14.3 Å². The zero-order valence-electron chi connectivity index (χ0n) is 9.98. The SMILES string of the molecule is COCCN(CCN)C(=O)C1CCOCC1. The second kappa shape index (κ2) is 7.60. The highest BCUT2D eigenvalue weighted by Crippen LogP contribution is 2.17. The largest absolute Gasteiger partial charge is 0.383 e. The number of hydrogen-bond acceptors (Lipinski definition) is 4. The van der Waals surface area contributed by atoms with Crippen LogP contribution < -0.4 is 5.73 Å². The van der Waals surface area contributed by atoms with Crippen LogP contribution in [-0.2, 0) is 14.3 Å². The molecule has 5 heteroatoms. The molecule has 1 rings (SSSR count). The summed E-state index contributed by atoms with van der Waals surface area (Å²) in [4.78, 5) is 14.0. The lowest BCUT2D eigenvalue weighted by molar-refractivity contribution is -0.139. The standard InChI is InChI=1S/C11H22N2O3/c1-15-9-6-13(5-4-12)11(14)10-2-7-16-8-3-10/h10H,2-9,12H2,1H3. The highest BCUT2D eigenvalue weighted by Gasteiger charge is 2.25. The Hall–Kier alpha value is -0.650. The van der Waals surface area contributed by atoms with Crippen molar-refractivity contribution in [1.29, 1.82) is 0 Å². The van der Waals surface area contributed by atoms with E-state index in [1.807, 2.05) is 0 Å². The van der Waals surface area contributed by atoms with E-state index >= 15 is 0 Å². The molecule has 0 bridgehead atoms. The Balaban J connectivity index is 2.44. The molecule has 0 unspecified atom stereocenters. The highest BCUT2D eigenvalue weighted by atomic mass is 16.5. The van der Waals surface area contributed by atoms with E-state index in [9.17, 15) is 4.79 Å². The Kier molecular flexibility index (Phi) is 6.37. The van der Waals surface area contributed by atoms with Gasteiger partial charge in [-0.05, 0) is 12.8 Å². The van der Waals surface area contributed by atoms with Gasteiger partial charge in [-0.25, -0.2) is 0 Å². The van der Waals surface area contributed by atoms with Gasteiger partial charge in [0.15, 0.2) is 0 Å². The number of carbonyl (C=O) groups excluding carboxylic acids is 1. The molecule has 5 nitrogen and oxygen atoms in total. The van der Waals surface area contributed by atoms with Gasteiger partial charge in [0.1, 0.15) is 0 Å². The number of methoxy groups -OCH3 is 1. The molecular formula is C11H22N2O3. The van der Waals surface area contributed by atoms with Crippen molar-refractivity contribution in [3.63, 3.8) is 0 Å². The number of nitrogens with zero attached hydrogens (tertiary/aromatic N) is 1. The minimum absolute atomic E-state index is 0.108. The lowest BCUT2D eigenvalue weighted by atomic mass is 9.98. The second-order valence-corrected chi connectivity index (χ2v) is 3.99. The van der Waals surface area contributed by atoms with E-state index < -0.39 is 0 Å². The van der Waals surface area contributed by atoms with Gasteiger partial charge in [0, 0.05) is 45.9 Å². The van der Waals surface area contributed by atoms with Gasteiger partial charge in [0.05, 0.1) is 6.61 Å². The smallest absolute Gasteiger partial charge is 0.225 e. The van der Waals surface area contributed by atoms with Gasteiger partial charge in [-0.15, -0.1) is 0 Å². The van der Waals surface area contributed by atoms with Crippen LogP contribution in [0.2, 0.25) is 0 Å². The van der Waals surface area contributed by atoms with Crippen LogP contribution in [0.4, 0.5) is 0 Å². The molecule has 0 saturated carbocycles. The molecule has 1 aliphatic heterocycles. The summed E-state index contributed by atoms with van der Waals surface area (Å²) in [6, 6.07) is 0. The molecule has 94 valence electrons. The Morgan fingerprint density at radius 1 is 1.44 bits per heavy atom. The normalized spacial score (nSPS) is 17.4. The summed E-state index contributed by atoms with van der Waals surface area (Å²) in [6.45, 7) is 3.69. The van der Waals surface area contributed by atoms with Gasteiger partial charge >= 0.3 is 0 Å². The second-order valence-electron chi connectivity index (χ2n) is 3.99. The molecule has 0 aliphatic carbocycles. The predicted octanol–water partition coefficient (Wildman–Crippen LogP) is -0.153. The van der Waals surface area contributed by atoms with E-state index in [1.165, 1.54) is 0 Å². The molecule has 0 aromatic heterocycles. The third-order valence-corrected chi connectivity index (χ3v) is 2.85. The molecular weight excluding hydrogens is 208 g/mol. The van der Waals surface area contributed by atoms with Gasteiger partial charge < -0.3 is 20.1 Å². The molecule has 1 aliphatic rings. The zero-order valence-corrected chi connectivity index (χ0v) is 9.98. The number of ether oxygens (including phenoxy) is 2. The third kappa shape index (κ3) is 4.08. The molecule has 0 atom stereocenters. The molecule has 2 N–H and O–H groups in total. The summed E-state index contributed by atoms with van der Waals surface area (Å²) >= 11 is 0. The maximum absolute atomic E-state index is 12.2. The fourth-order valence-electron chi connectivity index (χ4n) is 1.89. The van der Waals surface area contributed by atoms with Crippen molar-refractivity contribution in [3.8, 4) is 0 Å². The van der Waals surface area contributed by atoms with Gasteiger partial charge in [-0.3, -0.25) is 4.79 Å². The van der Waals surface area contributed by atoms with Gasteiger partial charge in [-0.2, -0.15) is 0 Å². The van der Waals surface area contributed by atoms with E-state index in [1.54, 1.807) is 12.0 Å². The van der Waals surface area contributed by atoms with Crippen LogP contribution >= 0.6 is 0 Å². The van der Waals surface area contributed by atoms with Crippen molar-refractivity contribution >= 4 is 5.91 Å². The van der Waals surface area contributed by atoms with Crippen LogP contribution in [0.3, 0.4) is 0 Å². The molecule has 16 heavy (non-hydrogen) atoms. The van der Waals surface area contributed by atoms with Crippen molar-refractivity contribution in [2.75, 3.05) is 46.6 Å². The molecule has 0 aromatic carbocycles. The van der Waals surface area contributed by atoms with Gasteiger partial charge in [-0.1, -0.05) is 0 Å². The lowest BCUT2D eigenvalue weighted by Gasteiger charge is -2.28. The van der Waals surface area contributed by atoms with Crippen LogP contribution in [0.15, 0.2) is 0 Å². The highest BCUT2D eigenvalue weighted by molar-refractivity contribution is 5.78. The summed E-state index contributed by atoms with van der Waals surface area (Å²) in [5.41, 5.74) is 5.51. The summed E-state index contributed by atoms with van der Waals surface area (Å²) < 4.78 is 10.2. The van der Waals surface area contributed by atoms with Gasteiger partial charge in [0.2, 0.25) is 5.91 Å². The monoisotopic (exact) mass is 230 g/mol. The van der Waals surface area contributed by atoms with Crippen LogP contribution in [0.5, 0.6) is 0 Å². The Bertz CT molecular complexity index is 205. The number of nitrogens with two attached hydrogens (primary N) is 1. The maximum Gasteiger partial charge on any atom is 0.225 e. The molecule has 1 amide bonds. The first-order chi connectivity index (χ1) is 7.79. The van der Waals surface area contributed by atoms with Crippen molar-refractivity contribution in [3.05, 3.63) is 0 Å². The van der Waals surface area contributed by atoms with Gasteiger partial charge in [0.25, 0.3) is 0 Å². The zero-order chi connectivity index (χ0) is 11.8. The first-order valence-electron chi connectivity index (χ1n) is 5.85. The predicted molar refractivity (Wildman–Crippen MR) is 61.1 cm³/mol. The summed E-state index contributed by atoms with van der Waals surface area (Å²) in [5, 5.41) is 0. The molecule has 0 spiro atoms. The molecule has 0 aromatic rings. The molecule has 0 radical (unpaired) electrons. The molecule has 1 fully saturated rings. The Labute approximate surface area is 96.9 Å². The summed E-state index contributed by atoms with van der Waals surface area (Å²) in [5.74, 6) is 0.308. The van der Waals surface area contributed by atoms with E-state index in [-0.39, 0.29) is 11.8 Å². The van der Waals surface area contributed by atoms with Crippen LogP contribution in [0, 0.1) is 5.92 Å². The fraction of sp³-hybridized carbons (Fsp3) is 0.909. The minimum Gasteiger partial charge on any atom is -0.383 e. The van der Waals surface area contributed by atoms with Crippen molar-refractivity contribution in [2.45, 2.75) is 12.8 Å². The van der Waals surface area contributed by atoms with E-state index in [0.717, 1.165) is 12.8 Å². The number of carbonyl (C=O) groups is 1. The third-order valence-electron chi connectivity index (χ3n) is 2.85. The summed E-state index contributed by atoms with van der Waals surface area (Å²) in [6.07, 6.45) is 1.65. The number of hydrogen-bond donors (Lipinski definition) is 1. The fourth-order valence-corrected chi connectivity index (χ4v) is 1.89. The topological polar surface area (TPSA) is 64.8 Å². The lowest BCUT2D eigenvalue weighted by Crippen LogP contribution is -2.42. The first-order valence-corrected chi connectivity index (χ1v) is 5.85. The quantitative estimate of drug-likeness (QED) is 0.689. The van der Waals surface area contributed by atoms with E-state index in [4.69, 9.17) is 15.2 Å². The van der Waals surface area contributed by atoms with Crippen molar-refractivity contribution in [2.24, 2.45) is 11.7 Å². The average molecular weight is 230 g/mol. The maximum atomic E-state index is 12.2. The Morgan fingerprint density at radius 3 is 2.69 bits per heavy atom. The number of amides is 1. The van der Waals surface area contributed by atoms with E-state index in [0.29, 0.717) is 39.5 Å². The van der Waals surface area contributed by atoms with Crippen LogP contribution in [0.1, 0.15) is 12.8 Å². The van der Waals surface area contributed by atoms with E-state index in [2.05, 4.69) is 0 Å². The minimum atomic E-state index is 0.108. The van der Waals surface area contributed by atoms with Crippen LogP contribution in [-0.4, -0.2) is 57.4 Å². The Morgan fingerprint density at radius 2 is 2.12 bits per heavy atom. The molecule has 1 heterocycles. The number of rotatable bonds is 6. The first kappa shape index (κ1) is 13.4. The molecule has 1 saturated heterocycles. The van der Waals surface area contributed by atoms with Crippen molar-refractivity contribution in [1.82, 2.24) is 4.90 Å². The average Bonchev–Trinajstić information content (AvgIpc) is 2.35.